The van der Waals surface area contributed by atoms with Crippen molar-refractivity contribution >= 4 is 17.5 Å². The highest BCUT2D eigenvalue weighted by Crippen LogP contribution is 2.12. The smallest absolute Gasteiger partial charge is 0.255 e. The van der Waals surface area contributed by atoms with Gasteiger partial charge >= 0.3 is 0 Å². The molecule has 0 saturated heterocycles. The standard InChI is InChI=1S/C21H16N4O2/c22-13-16-2-1-3-19(12-16)25-21(27)18-6-4-17(5-7-18)20(26)24-14-15-8-10-23-11-9-15/h1-12H,14H2,(H,24,26)(H,25,27). The summed E-state index contributed by atoms with van der Waals surface area (Å²) < 4.78 is 0. The fraction of sp³-hybridized carbons (Fsp3) is 0.0476. The Morgan fingerprint density at radius 2 is 1.59 bits per heavy atom. The molecule has 1 heterocycles. The van der Waals surface area contributed by atoms with E-state index in [1.165, 1.54) is 0 Å². The maximum atomic E-state index is 12.3. The highest BCUT2D eigenvalue weighted by atomic mass is 16.2. The van der Waals surface area contributed by atoms with Crippen LogP contribution in [-0.2, 0) is 6.54 Å². The molecular weight excluding hydrogens is 340 g/mol. The van der Waals surface area contributed by atoms with E-state index in [1.807, 2.05) is 18.2 Å². The number of rotatable bonds is 5. The third-order valence-corrected chi connectivity index (χ3v) is 3.86. The molecule has 6 nitrogen and oxygen atoms in total. The Bertz CT molecular complexity index is 993. The summed E-state index contributed by atoms with van der Waals surface area (Å²) in [5.74, 6) is -0.533. The van der Waals surface area contributed by atoms with Crippen molar-refractivity contribution in [2.24, 2.45) is 0 Å². The summed E-state index contributed by atoms with van der Waals surface area (Å²) in [7, 11) is 0. The van der Waals surface area contributed by atoms with E-state index in [0.717, 1.165) is 5.56 Å². The van der Waals surface area contributed by atoms with Crippen LogP contribution in [0, 0.1) is 11.3 Å². The highest BCUT2D eigenvalue weighted by Gasteiger charge is 2.09. The summed E-state index contributed by atoms with van der Waals surface area (Å²) in [6, 6.07) is 18.7. The van der Waals surface area contributed by atoms with Crippen LogP contribution < -0.4 is 10.6 Å². The molecule has 0 radical (unpaired) electrons. The molecule has 2 aromatic carbocycles. The second-order valence-electron chi connectivity index (χ2n) is 5.76. The number of anilines is 1. The Morgan fingerprint density at radius 1 is 0.926 bits per heavy atom. The third kappa shape index (κ3) is 4.77. The van der Waals surface area contributed by atoms with Gasteiger partial charge in [-0.25, -0.2) is 0 Å². The lowest BCUT2D eigenvalue weighted by molar-refractivity contribution is 0.0949. The first kappa shape index (κ1) is 17.8. The van der Waals surface area contributed by atoms with Gasteiger partial charge in [0.2, 0.25) is 0 Å². The van der Waals surface area contributed by atoms with Crippen LogP contribution in [0.15, 0.2) is 73.1 Å². The molecule has 0 bridgehead atoms. The molecule has 3 rings (SSSR count). The molecule has 1 aromatic heterocycles. The number of nitriles is 1. The number of benzene rings is 2. The van der Waals surface area contributed by atoms with Gasteiger partial charge in [0.05, 0.1) is 11.6 Å². The van der Waals surface area contributed by atoms with Gasteiger partial charge in [0.15, 0.2) is 0 Å². The van der Waals surface area contributed by atoms with Crippen LogP contribution in [0.4, 0.5) is 5.69 Å². The van der Waals surface area contributed by atoms with E-state index in [2.05, 4.69) is 15.6 Å². The number of hydrogen-bond acceptors (Lipinski definition) is 4. The Balaban J connectivity index is 1.61. The molecule has 6 heteroatoms. The first-order valence-electron chi connectivity index (χ1n) is 8.24. The fourth-order valence-electron chi connectivity index (χ4n) is 2.43. The van der Waals surface area contributed by atoms with Gasteiger partial charge < -0.3 is 10.6 Å². The van der Waals surface area contributed by atoms with Crippen LogP contribution in [0.2, 0.25) is 0 Å². The largest absolute Gasteiger partial charge is 0.348 e. The van der Waals surface area contributed by atoms with Crippen LogP contribution in [0.25, 0.3) is 0 Å². The van der Waals surface area contributed by atoms with Gasteiger partial charge in [0, 0.05) is 35.8 Å². The number of aromatic nitrogens is 1. The van der Waals surface area contributed by atoms with Gasteiger partial charge in [-0.2, -0.15) is 5.26 Å². The van der Waals surface area contributed by atoms with Crippen LogP contribution in [0.3, 0.4) is 0 Å². The SMILES string of the molecule is N#Cc1cccc(NC(=O)c2ccc(C(=O)NCc3ccncc3)cc2)c1. The van der Waals surface area contributed by atoms with Crippen molar-refractivity contribution in [3.63, 3.8) is 0 Å². The first-order chi connectivity index (χ1) is 13.2. The molecule has 3 aromatic rings. The summed E-state index contributed by atoms with van der Waals surface area (Å²) in [6.07, 6.45) is 3.34. The number of hydrogen-bond donors (Lipinski definition) is 2. The van der Waals surface area contributed by atoms with E-state index in [-0.39, 0.29) is 11.8 Å². The normalized spacial score (nSPS) is 9.89. The Kier molecular flexibility index (Phi) is 5.55. The molecule has 0 aliphatic carbocycles. The molecule has 0 spiro atoms. The number of amides is 2. The average Bonchev–Trinajstić information content (AvgIpc) is 2.73. The topological polar surface area (TPSA) is 94.9 Å². The van der Waals surface area contributed by atoms with E-state index in [1.54, 1.807) is 60.9 Å². The molecule has 0 fully saturated rings. The van der Waals surface area contributed by atoms with Gasteiger partial charge in [0.25, 0.3) is 11.8 Å². The molecule has 132 valence electrons. The van der Waals surface area contributed by atoms with Crippen molar-refractivity contribution in [2.45, 2.75) is 6.54 Å². The molecule has 27 heavy (non-hydrogen) atoms. The van der Waals surface area contributed by atoms with E-state index < -0.39 is 0 Å². The van der Waals surface area contributed by atoms with E-state index >= 15 is 0 Å². The molecule has 2 N–H and O–H groups in total. The first-order valence-corrected chi connectivity index (χ1v) is 8.24. The van der Waals surface area contributed by atoms with Gasteiger partial charge in [-0.1, -0.05) is 6.07 Å². The minimum absolute atomic E-state index is 0.222. The van der Waals surface area contributed by atoms with Crippen molar-refractivity contribution in [2.75, 3.05) is 5.32 Å². The monoisotopic (exact) mass is 356 g/mol. The number of nitrogens with one attached hydrogen (secondary N) is 2. The maximum absolute atomic E-state index is 12.3. The predicted molar refractivity (Wildman–Crippen MR) is 101 cm³/mol. The fourth-order valence-corrected chi connectivity index (χ4v) is 2.43. The minimum Gasteiger partial charge on any atom is -0.348 e. The Labute approximate surface area is 156 Å². The van der Waals surface area contributed by atoms with Crippen molar-refractivity contribution in [3.05, 3.63) is 95.3 Å². The zero-order valence-corrected chi connectivity index (χ0v) is 14.3. The van der Waals surface area contributed by atoms with Crippen molar-refractivity contribution in [1.82, 2.24) is 10.3 Å². The molecule has 0 saturated carbocycles. The summed E-state index contributed by atoms with van der Waals surface area (Å²) in [4.78, 5) is 28.4. The van der Waals surface area contributed by atoms with Crippen molar-refractivity contribution < 1.29 is 9.59 Å². The van der Waals surface area contributed by atoms with Crippen LogP contribution >= 0.6 is 0 Å². The van der Waals surface area contributed by atoms with Gasteiger partial charge in [0.1, 0.15) is 0 Å². The Morgan fingerprint density at radius 3 is 2.26 bits per heavy atom. The van der Waals surface area contributed by atoms with E-state index in [4.69, 9.17) is 5.26 Å². The number of nitrogens with zero attached hydrogens (tertiary/aromatic N) is 2. The van der Waals surface area contributed by atoms with Crippen molar-refractivity contribution in [1.29, 1.82) is 5.26 Å². The van der Waals surface area contributed by atoms with E-state index in [9.17, 15) is 9.59 Å². The summed E-state index contributed by atoms with van der Waals surface area (Å²) in [6.45, 7) is 0.402. The van der Waals surface area contributed by atoms with Crippen LogP contribution in [0.1, 0.15) is 31.8 Å². The van der Waals surface area contributed by atoms with Gasteiger partial charge in [-0.3, -0.25) is 14.6 Å². The predicted octanol–water partition coefficient (Wildman–Crippen LogP) is 3.14. The highest BCUT2D eigenvalue weighted by molar-refractivity contribution is 6.05. The summed E-state index contributed by atoms with van der Waals surface area (Å²) in [5, 5.41) is 14.5. The lowest BCUT2D eigenvalue weighted by Gasteiger charge is -2.08. The summed E-state index contributed by atoms with van der Waals surface area (Å²) in [5.41, 5.74) is 2.84. The molecule has 0 aliphatic heterocycles. The molecule has 0 aliphatic rings. The van der Waals surface area contributed by atoms with Crippen LogP contribution in [-0.4, -0.2) is 16.8 Å². The zero-order valence-electron chi connectivity index (χ0n) is 14.3. The van der Waals surface area contributed by atoms with Crippen molar-refractivity contribution in [3.8, 4) is 6.07 Å². The second-order valence-corrected chi connectivity index (χ2v) is 5.76. The van der Waals surface area contributed by atoms with Crippen LogP contribution in [0.5, 0.6) is 0 Å². The molecule has 0 atom stereocenters. The quantitative estimate of drug-likeness (QED) is 0.734. The van der Waals surface area contributed by atoms with E-state index in [0.29, 0.717) is 28.9 Å². The molecule has 2 amide bonds. The van der Waals surface area contributed by atoms with Gasteiger partial charge in [-0.15, -0.1) is 0 Å². The number of carbonyl (C=O) groups is 2. The molecular formula is C21H16N4O2. The van der Waals surface area contributed by atoms with Gasteiger partial charge in [-0.05, 0) is 60.2 Å². The lowest BCUT2D eigenvalue weighted by Crippen LogP contribution is -2.23. The lowest BCUT2D eigenvalue weighted by atomic mass is 10.1. The average molecular weight is 356 g/mol. The number of pyridine rings is 1. The maximum Gasteiger partial charge on any atom is 0.255 e. The Hall–Kier alpha value is -3.98. The third-order valence-electron chi connectivity index (χ3n) is 3.86. The minimum atomic E-state index is -0.311. The molecule has 0 unspecified atom stereocenters. The zero-order chi connectivity index (χ0) is 19.1. The number of carbonyl (C=O) groups excluding carboxylic acids is 2. The summed E-state index contributed by atoms with van der Waals surface area (Å²) >= 11 is 0. The second kappa shape index (κ2) is 8.41.